The lowest BCUT2D eigenvalue weighted by Gasteiger charge is -2.20. The van der Waals surface area contributed by atoms with Crippen molar-refractivity contribution in [1.29, 1.82) is 0 Å². The lowest BCUT2D eigenvalue weighted by Crippen LogP contribution is -2.34. The van der Waals surface area contributed by atoms with Crippen LogP contribution in [0.25, 0.3) is 0 Å². The Morgan fingerprint density at radius 1 is 1.12 bits per heavy atom. The lowest BCUT2D eigenvalue weighted by atomic mass is 10.1. The van der Waals surface area contributed by atoms with E-state index in [9.17, 15) is 9.59 Å². The summed E-state index contributed by atoms with van der Waals surface area (Å²) in [7, 11) is 0. The lowest BCUT2D eigenvalue weighted by molar-refractivity contribution is -0.126. The van der Waals surface area contributed by atoms with Crippen LogP contribution in [0.3, 0.4) is 0 Å². The number of hydrogen-bond donors (Lipinski definition) is 1. The van der Waals surface area contributed by atoms with E-state index in [-0.39, 0.29) is 24.2 Å². The van der Waals surface area contributed by atoms with Crippen LogP contribution in [-0.4, -0.2) is 24.9 Å². The van der Waals surface area contributed by atoms with Crippen molar-refractivity contribution in [1.82, 2.24) is 5.32 Å². The molecule has 4 nitrogen and oxygen atoms in total. The number of benzene rings is 2. The van der Waals surface area contributed by atoms with Crippen molar-refractivity contribution >= 4 is 17.5 Å². The monoisotopic (exact) mass is 336 g/mol. The molecular weight excluding hydrogens is 312 g/mol. The standard InChI is InChI=1S/C21H24N2O2/c1-15-7-6-10-19(16(15)2)23-14-18(13-20(23)24)21(25)22-12-11-17-8-4-3-5-9-17/h3-10,18H,11-14H2,1-2H3,(H,22,25). The molecule has 0 radical (unpaired) electrons. The number of nitrogens with zero attached hydrogens (tertiary/aromatic N) is 1. The molecule has 0 spiro atoms. The topological polar surface area (TPSA) is 49.4 Å². The maximum absolute atomic E-state index is 12.4. The highest BCUT2D eigenvalue weighted by atomic mass is 16.2. The Labute approximate surface area is 148 Å². The number of carbonyl (C=O) groups is 2. The van der Waals surface area contributed by atoms with Gasteiger partial charge in [0.05, 0.1) is 5.92 Å². The van der Waals surface area contributed by atoms with Gasteiger partial charge in [-0.1, -0.05) is 42.5 Å². The van der Waals surface area contributed by atoms with Gasteiger partial charge in [0.2, 0.25) is 11.8 Å². The van der Waals surface area contributed by atoms with Gasteiger partial charge < -0.3 is 10.2 Å². The van der Waals surface area contributed by atoms with E-state index in [2.05, 4.69) is 5.32 Å². The Kier molecular flexibility index (Phi) is 5.17. The molecular formula is C21H24N2O2. The van der Waals surface area contributed by atoms with Crippen LogP contribution < -0.4 is 10.2 Å². The van der Waals surface area contributed by atoms with Gasteiger partial charge in [-0.25, -0.2) is 0 Å². The molecule has 1 saturated heterocycles. The predicted molar refractivity (Wildman–Crippen MR) is 99.5 cm³/mol. The Morgan fingerprint density at radius 2 is 1.88 bits per heavy atom. The van der Waals surface area contributed by atoms with Crippen molar-refractivity contribution in [2.24, 2.45) is 5.92 Å². The minimum Gasteiger partial charge on any atom is -0.355 e. The number of rotatable bonds is 5. The van der Waals surface area contributed by atoms with Crippen LogP contribution in [0.5, 0.6) is 0 Å². The summed E-state index contributed by atoms with van der Waals surface area (Å²) in [6.07, 6.45) is 1.08. The highest BCUT2D eigenvalue weighted by Crippen LogP contribution is 2.29. The number of anilines is 1. The summed E-state index contributed by atoms with van der Waals surface area (Å²) in [5.74, 6) is -0.280. The smallest absolute Gasteiger partial charge is 0.227 e. The van der Waals surface area contributed by atoms with Gasteiger partial charge in [-0.2, -0.15) is 0 Å². The van der Waals surface area contributed by atoms with Crippen molar-refractivity contribution < 1.29 is 9.59 Å². The number of amides is 2. The van der Waals surface area contributed by atoms with Crippen LogP contribution in [0.15, 0.2) is 48.5 Å². The Hall–Kier alpha value is -2.62. The first-order valence-corrected chi connectivity index (χ1v) is 8.74. The van der Waals surface area contributed by atoms with Gasteiger partial charge in [0.15, 0.2) is 0 Å². The molecule has 3 rings (SSSR count). The molecule has 1 N–H and O–H groups in total. The van der Waals surface area contributed by atoms with Gasteiger partial charge in [-0.15, -0.1) is 0 Å². The first-order chi connectivity index (χ1) is 12.1. The normalized spacial score (nSPS) is 17.0. The van der Waals surface area contributed by atoms with Gasteiger partial charge in [0, 0.05) is 25.2 Å². The SMILES string of the molecule is Cc1cccc(N2CC(C(=O)NCCc3ccccc3)CC2=O)c1C. The van der Waals surface area contributed by atoms with Gasteiger partial charge in [0.25, 0.3) is 0 Å². The fraction of sp³-hybridized carbons (Fsp3) is 0.333. The Morgan fingerprint density at radius 3 is 2.64 bits per heavy atom. The number of carbonyl (C=O) groups excluding carboxylic acids is 2. The molecule has 1 aliphatic heterocycles. The number of hydrogen-bond acceptors (Lipinski definition) is 2. The average Bonchev–Trinajstić information content (AvgIpc) is 3.00. The second-order valence-corrected chi connectivity index (χ2v) is 6.65. The van der Waals surface area contributed by atoms with Crippen LogP contribution in [0, 0.1) is 19.8 Å². The first kappa shape index (κ1) is 17.2. The van der Waals surface area contributed by atoms with Crippen LogP contribution in [0.4, 0.5) is 5.69 Å². The molecule has 1 unspecified atom stereocenters. The van der Waals surface area contributed by atoms with Crippen LogP contribution in [0.2, 0.25) is 0 Å². The zero-order valence-corrected chi connectivity index (χ0v) is 14.8. The third-order valence-corrected chi connectivity index (χ3v) is 4.92. The summed E-state index contributed by atoms with van der Waals surface area (Å²) < 4.78 is 0. The number of aryl methyl sites for hydroxylation is 1. The fourth-order valence-electron chi connectivity index (χ4n) is 3.26. The molecule has 2 aromatic rings. The van der Waals surface area contributed by atoms with E-state index in [0.717, 1.165) is 23.2 Å². The Balaban J connectivity index is 1.58. The summed E-state index contributed by atoms with van der Waals surface area (Å²) in [4.78, 5) is 26.6. The molecule has 1 atom stereocenters. The predicted octanol–water partition coefficient (Wildman–Crippen LogP) is 3.02. The van der Waals surface area contributed by atoms with E-state index < -0.39 is 0 Å². The zero-order valence-electron chi connectivity index (χ0n) is 14.8. The summed E-state index contributed by atoms with van der Waals surface area (Å²) in [6, 6.07) is 16.0. The van der Waals surface area contributed by atoms with Gasteiger partial charge in [0.1, 0.15) is 0 Å². The highest BCUT2D eigenvalue weighted by Gasteiger charge is 2.35. The largest absolute Gasteiger partial charge is 0.355 e. The van der Waals surface area contributed by atoms with E-state index in [1.807, 2.05) is 62.4 Å². The molecule has 1 fully saturated rings. The highest BCUT2D eigenvalue weighted by molar-refractivity contribution is 6.00. The minimum absolute atomic E-state index is 0.0249. The van der Waals surface area contributed by atoms with E-state index in [0.29, 0.717) is 13.1 Å². The fourth-order valence-corrected chi connectivity index (χ4v) is 3.26. The van der Waals surface area contributed by atoms with Crippen LogP contribution in [0.1, 0.15) is 23.1 Å². The van der Waals surface area contributed by atoms with Crippen molar-refractivity contribution in [3.63, 3.8) is 0 Å². The van der Waals surface area contributed by atoms with Gasteiger partial charge in [-0.05, 0) is 43.0 Å². The van der Waals surface area contributed by atoms with Crippen LogP contribution in [-0.2, 0) is 16.0 Å². The summed E-state index contributed by atoms with van der Waals surface area (Å²) >= 11 is 0. The zero-order chi connectivity index (χ0) is 17.8. The molecule has 0 aliphatic carbocycles. The molecule has 4 heteroatoms. The van der Waals surface area contributed by atoms with Crippen molar-refractivity contribution in [3.8, 4) is 0 Å². The Bertz CT molecular complexity index is 771. The molecule has 0 aromatic heterocycles. The van der Waals surface area contributed by atoms with Crippen molar-refractivity contribution in [3.05, 3.63) is 65.2 Å². The van der Waals surface area contributed by atoms with Gasteiger partial charge >= 0.3 is 0 Å². The molecule has 2 aromatic carbocycles. The minimum atomic E-state index is -0.275. The van der Waals surface area contributed by atoms with E-state index in [4.69, 9.17) is 0 Å². The quantitative estimate of drug-likeness (QED) is 0.912. The third kappa shape index (κ3) is 3.90. The molecule has 130 valence electrons. The van der Waals surface area contributed by atoms with E-state index >= 15 is 0 Å². The van der Waals surface area contributed by atoms with Crippen LogP contribution >= 0.6 is 0 Å². The second kappa shape index (κ2) is 7.51. The second-order valence-electron chi connectivity index (χ2n) is 6.65. The maximum Gasteiger partial charge on any atom is 0.227 e. The third-order valence-electron chi connectivity index (χ3n) is 4.92. The summed E-state index contributed by atoms with van der Waals surface area (Å²) in [5.41, 5.74) is 4.37. The molecule has 1 aliphatic rings. The molecule has 25 heavy (non-hydrogen) atoms. The maximum atomic E-state index is 12.4. The average molecular weight is 336 g/mol. The number of nitrogens with one attached hydrogen (secondary N) is 1. The van der Waals surface area contributed by atoms with Gasteiger partial charge in [-0.3, -0.25) is 9.59 Å². The molecule has 1 heterocycles. The molecule has 0 bridgehead atoms. The van der Waals surface area contributed by atoms with Crippen molar-refractivity contribution in [2.75, 3.05) is 18.0 Å². The molecule has 0 saturated carbocycles. The van der Waals surface area contributed by atoms with E-state index in [1.54, 1.807) is 4.90 Å². The first-order valence-electron chi connectivity index (χ1n) is 8.74. The molecule has 2 amide bonds. The summed E-state index contributed by atoms with van der Waals surface area (Å²) in [6.45, 7) is 5.11. The summed E-state index contributed by atoms with van der Waals surface area (Å²) in [5, 5.41) is 2.97. The van der Waals surface area contributed by atoms with Crippen molar-refractivity contribution in [2.45, 2.75) is 26.7 Å². The van der Waals surface area contributed by atoms with E-state index in [1.165, 1.54) is 5.56 Å².